The number of esters is 1. The molecule has 0 saturated carbocycles. The molecule has 1 aromatic carbocycles. The number of anilines is 1. The van der Waals surface area contributed by atoms with E-state index in [9.17, 15) is 22.8 Å². The third kappa shape index (κ3) is 4.91. The molecule has 0 heterocycles. The zero-order valence-corrected chi connectivity index (χ0v) is 12.3. The zero-order valence-electron chi connectivity index (χ0n) is 12.3. The fraction of sp³-hybridized carbons (Fsp3) is 0.333. The van der Waals surface area contributed by atoms with Crippen molar-refractivity contribution in [2.75, 3.05) is 12.4 Å². The molecule has 0 bridgehead atoms. The van der Waals surface area contributed by atoms with Crippen molar-refractivity contribution in [3.8, 4) is 0 Å². The first-order valence-electron chi connectivity index (χ1n) is 6.39. The molecule has 1 aromatic rings. The first kappa shape index (κ1) is 17.7. The molecule has 1 rings (SSSR count). The van der Waals surface area contributed by atoms with Gasteiger partial charge in [-0.1, -0.05) is 12.1 Å². The fourth-order valence-corrected chi connectivity index (χ4v) is 1.71. The van der Waals surface area contributed by atoms with Crippen LogP contribution in [0.15, 0.2) is 36.0 Å². The van der Waals surface area contributed by atoms with Crippen molar-refractivity contribution in [1.29, 1.82) is 0 Å². The van der Waals surface area contributed by atoms with Crippen molar-refractivity contribution < 1.29 is 27.5 Å². The number of nitrogens with one attached hydrogen (secondary N) is 1. The van der Waals surface area contributed by atoms with Gasteiger partial charge in [-0.15, -0.1) is 0 Å². The van der Waals surface area contributed by atoms with E-state index in [-0.39, 0.29) is 11.7 Å². The largest absolute Gasteiger partial charge is 0.469 e. The zero-order chi connectivity index (χ0) is 16.9. The number of benzene rings is 1. The monoisotopic (exact) mass is 315 g/mol. The van der Waals surface area contributed by atoms with Gasteiger partial charge in [-0.2, -0.15) is 13.2 Å². The lowest BCUT2D eigenvalue weighted by molar-refractivity contribution is -0.165. The number of hydrogen-bond acceptors (Lipinski definition) is 4. The smallest absolute Gasteiger partial charge is 0.454 e. The van der Waals surface area contributed by atoms with Gasteiger partial charge in [0.1, 0.15) is 0 Å². The van der Waals surface area contributed by atoms with E-state index in [0.29, 0.717) is 17.3 Å². The van der Waals surface area contributed by atoms with E-state index in [0.717, 1.165) is 0 Å². The molecule has 7 heteroatoms. The second-order valence-corrected chi connectivity index (χ2v) is 4.68. The summed E-state index contributed by atoms with van der Waals surface area (Å²) in [6.07, 6.45) is -4.40. The van der Waals surface area contributed by atoms with E-state index in [4.69, 9.17) is 0 Å². The van der Waals surface area contributed by atoms with Crippen LogP contribution in [-0.2, 0) is 14.3 Å². The van der Waals surface area contributed by atoms with Crippen LogP contribution < -0.4 is 5.32 Å². The minimum atomic E-state index is -4.89. The molecule has 0 fully saturated rings. The highest BCUT2D eigenvalue weighted by Crippen LogP contribution is 2.21. The Morgan fingerprint density at radius 1 is 1.23 bits per heavy atom. The van der Waals surface area contributed by atoms with Gasteiger partial charge in [-0.3, -0.25) is 9.59 Å². The van der Waals surface area contributed by atoms with Crippen molar-refractivity contribution in [3.63, 3.8) is 0 Å². The van der Waals surface area contributed by atoms with Crippen LogP contribution in [-0.4, -0.2) is 25.0 Å². The molecule has 120 valence electrons. The number of alkyl halides is 3. The van der Waals surface area contributed by atoms with Crippen molar-refractivity contribution >= 4 is 17.4 Å². The molecule has 0 radical (unpaired) electrons. The number of ketones is 1. The molecule has 0 amide bonds. The van der Waals surface area contributed by atoms with Crippen LogP contribution in [0.25, 0.3) is 0 Å². The first-order chi connectivity index (χ1) is 10.1. The molecule has 1 N–H and O–H groups in total. The Balaban J connectivity index is 2.78. The number of carbonyl (C=O) groups excluding carboxylic acids is 2. The van der Waals surface area contributed by atoms with Gasteiger partial charge in [-0.25, -0.2) is 0 Å². The van der Waals surface area contributed by atoms with E-state index in [2.05, 4.69) is 10.1 Å². The standard InChI is InChI=1S/C15H16F3NO3/c1-9(8-13(20)15(16,17)18)19-12-6-4-11(5-7-12)10(2)14(21)22-3/h4-8,10,19H,1-3H3/b9-8+. The summed E-state index contributed by atoms with van der Waals surface area (Å²) in [5, 5.41) is 2.68. The molecule has 1 unspecified atom stereocenters. The van der Waals surface area contributed by atoms with Crippen LogP contribution in [0.5, 0.6) is 0 Å². The molecule has 1 atom stereocenters. The van der Waals surface area contributed by atoms with Gasteiger partial charge in [-0.05, 0) is 31.5 Å². The number of hydrogen-bond donors (Lipinski definition) is 1. The Bertz CT molecular complexity index is 577. The van der Waals surface area contributed by atoms with Crippen molar-refractivity contribution in [2.24, 2.45) is 0 Å². The van der Waals surface area contributed by atoms with Crippen molar-refractivity contribution in [3.05, 3.63) is 41.6 Å². The number of carbonyl (C=O) groups is 2. The Hall–Kier alpha value is -2.31. The van der Waals surface area contributed by atoms with Crippen LogP contribution in [0.2, 0.25) is 0 Å². The minimum absolute atomic E-state index is 0.0658. The van der Waals surface area contributed by atoms with Gasteiger partial charge >= 0.3 is 12.1 Å². The highest BCUT2D eigenvalue weighted by molar-refractivity contribution is 5.95. The Morgan fingerprint density at radius 2 is 1.77 bits per heavy atom. The normalized spacial score (nSPS) is 13.5. The van der Waals surface area contributed by atoms with E-state index in [1.54, 1.807) is 31.2 Å². The summed E-state index contributed by atoms with van der Waals surface area (Å²) in [5.74, 6) is -2.75. The second kappa shape index (κ2) is 7.11. The molecule has 0 saturated heterocycles. The predicted octanol–water partition coefficient (Wildman–Crippen LogP) is 3.41. The Labute approximate surface area is 126 Å². The minimum Gasteiger partial charge on any atom is -0.469 e. The van der Waals surface area contributed by atoms with Crippen LogP contribution >= 0.6 is 0 Å². The van der Waals surface area contributed by atoms with Gasteiger partial charge in [0.15, 0.2) is 0 Å². The topological polar surface area (TPSA) is 55.4 Å². The molecular weight excluding hydrogens is 299 g/mol. The average molecular weight is 315 g/mol. The first-order valence-corrected chi connectivity index (χ1v) is 6.39. The molecule has 0 aliphatic carbocycles. The summed E-state index contributed by atoms with van der Waals surface area (Å²) in [6, 6.07) is 6.51. The van der Waals surface area contributed by atoms with Gasteiger partial charge in [0, 0.05) is 17.5 Å². The Kier molecular flexibility index (Phi) is 5.73. The predicted molar refractivity (Wildman–Crippen MR) is 75.3 cm³/mol. The third-order valence-electron chi connectivity index (χ3n) is 2.93. The molecule has 4 nitrogen and oxygen atoms in total. The molecule has 0 aromatic heterocycles. The Morgan fingerprint density at radius 3 is 2.23 bits per heavy atom. The van der Waals surface area contributed by atoms with E-state index in [1.807, 2.05) is 0 Å². The van der Waals surface area contributed by atoms with E-state index >= 15 is 0 Å². The van der Waals surface area contributed by atoms with Gasteiger partial charge in [0.05, 0.1) is 13.0 Å². The lowest BCUT2D eigenvalue weighted by Crippen LogP contribution is -2.21. The fourth-order valence-electron chi connectivity index (χ4n) is 1.71. The molecule has 0 spiro atoms. The van der Waals surface area contributed by atoms with Crippen LogP contribution in [0.1, 0.15) is 25.3 Å². The van der Waals surface area contributed by atoms with Gasteiger partial charge < -0.3 is 10.1 Å². The lowest BCUT2D eigenvalue weighted by Gasteiger charge is -2.11. The summed E-state index contributed by atoms with van der Waals surface area (Å²) in [5.41, 5.74) is 1.28. The number of halogens is 3. The summed E-state index contributed by atoms with van der Waals surface area (Å²) in [4.78, 5) is 22.2. The van der Waals surface area contributed by atoms with E-state index < -0.39 is 17.9 Å². The highest BCUT2D eigenvalue weighted by atomic mass is 19.4. The summed E-state index contributed by atoms with van der Waals surface area (Å²) < 4.78 is 41.0. The number of ether oxygens (including phenoxy) is 1. The van der Waals surface area contributed by atoms with Crippen molar-refractivity contribution in [2.45, 2.75) is 25.9 Å². The SMILES string of the molecule is COC(=O)C(C)c1ccc(N/C(C)=C/C(=O)C(F)(F)F)cc1. The maximum absolute atomic E-state index is 12.1. The molecular formula is C15H16F3NO3. The lowest BCUT2D eigenvalue weighted by atomic mass is 10.0. The van der Waals surface area contributed by atoms with Gasteiger partial charge in [0.2, 0.25) is 0 Å². The van der Waals surface area contributed by atoms with Crippen LogP contribution in [0, 0.1) is 0 Å². The maximum Gasteiger partial charge on any atom is 0.454 e. The third-order valence-corrected chi connectivity index (χ3v) is 2.93. The number of methoxy groups -OCH3 is 1. The number of rotatable bonds is 5. The highest BCUT2D eigenvalue weighted by Gasteiger charge is 2.36. The summed E-state index contributed by atoms with van der Waals surface area (Å²) in [6.45, 7) is 3.04. The molecule has 22 heavy (non-hydrogen) atoms. The molecule has 0 aliphatic heterocycles. The molecule has 0 aliphatic rings. The second-order valence-electron chi connectivity index (χ2n) is 4.68. The van der Waals surface area contributed by atoms with Gasteiger partial charge in [0.25, 0.3) is 5.78 Å². The average Bonchev–Trinajstić information content (AvgIpc) is 2.45. The number of allylic oxidation sites excluding steroid dienone is 2. The van der Waals surface area contributed by atoms with Crippen molar-refractivity contribution in [1.82, 2.24) is 0 Å². The summed E-state index contributed by atoms with van der Waals surface area (Å²) >= 11 is 0. The van der Waals surface area contributed by atoms with Crippen LogP contribution in [0.3, 0.4) is 0 Å². The van der Waals surface area contributed by atoms with E-state index in [1.165, 1.54) is 14.0 Å². The summed E-state index contributed by atoms with van der Waals surface area (Å²) in [7, 11) is 1.29. The quantitative estimate of drug-likeness (QED) is 0.668. The maximum atomic E-state index is 12.1. The van der Waals surface area contributed by atoms with Crippen LogP contribution in [0.4, 0.5) is 18.9 Å².